The summed E-state index contributed by atoms with van der Waals surface area (Å²) in [5.41, 5.74) is 10.4. The van der Waals surface area contributed by atoms with E-state index >= 15 is 0 Å². The molecule has 6 unspecified atom stereocenters. The average molecular weight is 538 g/mol. The number of hydrogen-bond acceptors (Lipinski definition) is 2. The summed E-state index contributed by atoms with van der Waals surface area (Å²) in [6.45, 7) is 4.96. The first-order valence-electron chi connectivity index (χ1n) is 15.5. The molecule has 0 radical (unpaired) electrons. The van der Waals surface area contributed by atoms with E-state index in [1.807, 2.05) is 6.20 Å². The molecular formula is C38H39N3. The van der Waals surface area contributed by atoms with Gasteiger partial charge in [0.25, 0.3) is 0 Å². The van der Waals surface area contributed by atoms with Crippen LogP contribution in [0.2, 0.25) is 0 Å². The van der Waals surface area contributed by atoms with Crippen LogP contribution in [0.4, 0.5) is 0 Å². The molecule has 0 saturated heterocycles. The lowest BCUT2D eigenvalue weighted by Crippen LogP contribution is -2.43. The molecule has 0 spiro atoms. The van der Waals surface area contributed by atoms with Gasteiger partial charge in [-0.15, -0.1) is 0 Å². The molecule has 6 atom stereocenters. The molecule has 3 heteroatoms. The van der Waals surface area contributed by atoms with Crippen LogP contribution in [0.15, 0.2) is 102 Å². The van der Waals surface area contributed by atoms with Gasteiger partial charge in [-0.3, -0.25) is 4.99 Å². The maximum atomic E-state index is 4.67. The van der Waals surface area contributed by atoms with E-state index < -0.39 is 0 Å². The molecule has 6 aliphatic rings. The Morgan fingerprint density at radius 1 is 0.951 bits per heavy atom. The summed E-state index contributed by atoms with van der Waals surface area (Å²) in [6, 6.07) is 9.48. The number of aromatic nitrogens is 1. The van der Waals surface area contributed by atoms with Gasteiger partial charge in [0.2, 0.25) is 0 Å². The SMILES string of the molecule is CC1(C)C2C=NC=CC2Cc2c3c(n(C4=CCC(C5C=CC=CN5)c5ccccc54)c2C2C=CC=CC21)C=CCC3. The fraction of sp³-hybridized carbons (Fsp3) is 0.342. The van der Waals surface area contributed by atoms with Crippen molar-refractivity contribution in [2.75, 3.05) is 0 Å². The Hall–Kier alpha value is -3.85. The first-order chi connectivity index (χ1) is 20.1. The lowest BCUT2D eigenvalue weighted by Gasteiger charge is -2.47. The van der Waals surface area contributed by atoms with Gasteiger partial charge in [0.1, 0.15) is 0 Å². The van der Waals surface area contributed by atoms with E-state index in [1.165, 1.54) is 28.2 Å². The van der Waals surface area contributed by atoms with Crippen LogP contribution in [0.5, 0.6) is 0 Å². The second-order valence-corrected chi connectivity index (χ2v) is 13.1. The average Bonchev–Trinajstić information content (AvgIpc) is 3.34. The number of nitrogens with zero attached hydrogens (tertiary/aromatic N) is 2. The third-order valence-electron chi connectivity index (χ3n) is 10.7. The fourth-order valence-electron chi connectivity index (χ4n) is 8.72. The Morgan fingerprint density at radius 2 is 1.83 bits per heavy atom. The van der Waals surface area contributed by atoms with Crippen LogP contribution < -0.4 is 5.32 Å². The second-order valence-electron chi connectivity index (χ2n) is 13.1. The summed E-state index contributed by atoms with van der Waals surface area (Å²) in [6.07, 6.45) is 36.6. The van der Waals surface area contributed by atoms with Crippen LogP contribution in [-0.4, -0.2) is 16.8 Å². The highest BCUT2D eigenvalue weighted by molar-refractivity contribution is 5.78. The number of hydrogen-bond donors (Lipinski definition) is 1. The van der Waals surface area contributed by atoms with Gasteiger partial charge >= 0.3 is 0 Å². The van der Waals surface area contributed by atoms with Gasteiger partial charge in [-0.2, -0.15) is 0 Å². The molecule has 41 heavy (non-hydrogen) atoms. The molecule has 3 nitrogen and oxygen atoms in total. The minimum atomic E-state index is 0.0739. The van der Waals surface area contributed by atoms with Crippen LogP contribution in [0.3, 0.4) is 0 Å². The Morgan fingerprint density at radius 3 is 2.73 bits per heavy atom. The van der Waals surface area contributed by atoms with E-state index in [0.717, 1.165) is 25.7 Å². The molecule has 206 valence electrons. The van der Waals surface area contributed by atoms with Crippen molar-refractivity contribution in [1.82, 2.24) is 9.88 Å². The highest BCUT2D eigenvalue weighted by Gasteiger charge is 2.47. The molecule has 2 aliphatic heterocycles. The van der Waals surface area contributed by atoms with Gasteiger partial charge in [-0.1, -0.05) is 92.8 Å². The summed E-state index contributed by atoms with van der Waals surface area (Å²) >= 11 is 0. The Bertz CT molecular complexity index is 1630. The molecule has 0 amide bonds. The lowest BCUT2D eigenvalue weighted by atomic mass is 9.57. The third kappa shape index (κ3) is 3.81. The standard InChI is InChI=1S/C38H39N3/c1-38(2)32-15-7-5-14-30(32)37-31(23-25-20-22-39-24-33(25)38)29-13-6-8-17-35(29)41(37)36-19-18-27(34-16-9-10-21-40-34)26-11-3-4-12-28(26)36/h3-5,7-12,14-17,19-22,24-25,27,30,32-34,40H,6,13,18,23H2,1-2H3. The highest BCUT2D eigenvalue weighted by Crippen LogP contribution is 2.54. The number of dihydropyridines is 1. The van der Waals surface area contributed by atoms with Crippen LogP contribution in [0, 0.1) is 23.2 Å². The van der Waals surface area contributed by atoms with Gasteiger partial charge < -0.3 is 9.88 Å². The van der Waals surface area contributed by atoms with Crippen LogP contribution >= 0.6 is 0 Å². The zero-order valence-corrected chi connectivity index (χ0v) is 24.1. The number of nitrogens with one attached hydrogen (secondary N) is 1. The van der Waals surface area contributed by atoms with E-state index in [0.29, 0.717) is 35.6 Å². The molecule has 0 fully saturated rings. The molecule has 4 aliphatic carbocycles. The predicted octanol–water partition coefficient (Wildman–Crippen LogP) is 8.10. The molecule has 2 aromatic rings. The zero-order valence-electron chi connectivity index (χ0n) is 24.1. The molecule has 1 aromatic heterocycles. The normalized spacial score (nSPS) is 31.6. The smallest absolute Gasteiger partial charge is 0.0513 e. The monoisotopic (exact) mass is 537 g/mol. The number of fused-ring (bicyclic) bond motifs is 7. The first-order valence-corrected chi connectivity index (χ1v) is 15.5. The molecule has 1 N–H and O–H groups in total. The van der Waals surface area contributed by atoms with Crippen molar-refractivity contribution >= 4 is 18.0 Å². The number of benzene rings is 1. The predicted molar refractivity (Wildman–Crippen MR) is 171 cm³/mol. The van der Waals surface area contributed by atoms with E-state index in [-0.39, 0.29) is 5.41 Å². The topological polar surface area (TPSA) is 29.3 Å². The third-order valence-corrected chi connectivity index (χ3v) is 10.7. The van der Waals surface area contributed by atoms with E-state index in [4.69, 9.17) is 0 Å². The van der Waals surface area contributed by atoms with Crippen molar-refractivity contribution < 1.29 is 0 Å². The highest BCUT2D eigenvalue weighted by atomic mass is 15.0. The zero-order chi connectivity index (χ0) is 27.6. The summed E-state index contributed by atoms with van der Waals surface area (Å²) in [7, 11) is 0. The molecule has 3 heterocycles. The number of rotatable bonds is 2. The summed E-state index contributed by atoms with van der Waals surface area (Å²) in [5.74, 6) is 2.01. The summed E-state index contributed by atoms with van der Waals surface area (Å²) in [5, 5.41) is 3.62. The molecule has 0 bridgehead atoms. The van der Waals surface area contributed by atoms with E-state index in [9.17, 15) is 0 Å². The van der Waals surface area contributed by atoms with Gasteiger partial charge in [-0.05, 0) is 78.0 Å². The lowest BCUT2D eigenvalue weighted by molar-refractivity contribution is 0.142. The summed E-state index contributed by atoms with van der Waals surface area (Å²) < 4.78 is 2.71. The fourth-order valence-corrected chi connectivity index (χ4v) is 8.72. The first kappa shape index (κ1) is 24.9. The number of allylic oxidation sites excluding steroid dienone is 9. The Labute approximate surface area is 244 Å². The maximum Gasteiger partial charge on any atom is 0.0513 e. The van der Waals surface area contributed by atoms with E-state index in [1.54, 1.807) is 11.1 Å². The molecule has 8 rings (SSSR count). The Balaban J connectivity index is 1.35. The quantitative estimate of drug-likeness (QED) is 0.412. The second kappa shape index (κ2) is 9.62. The maximum absolute atomic E-state index is 4.67. The van der Waals surface area contributed by atoms with Crippen molar-refractivity contribution in [2.24, 2.45) is 28.2 Å². The largest absolute Gasteiger partial charge is 0.384 e. The van der Waals surface area contributed by atoms with Crippen molar-refractivity contribution in [3.63, 3.8) is 0 Å². The van der Waals surface area contributed by atoms with E-state index in [2.05, 4.69) is 132 Å². The van der Waals surface area contributed by atoms with Gasteiger partial charge in [-0.25, -0.2) is 0 Å². The molecule has 1 aromatic carbocycles. The summed E-state index contributed by atoms with van der Waals surface area (Å²) in [4.78, 5) is 4.67. The van der Waals surface area contributed by atoms with Crippen LogP contribution in [-0.2, 0) is 12.8 Å². The molecular weight excluding hydrogens is 498 g/mol. The van der Waals surface area contributed by atoms with Crippen molar-refractivity contribution in [2.45, 2.75) is 57.4 Å². The minimum Gasteiger partial charge on any atom is -0.384 e. The Kier molecular flexibility index (Phi) is 5.84. The van der Waals surface area contributed by atoms with Crippen molar-refractivity contribution in [3.8, 4) is 0 Å². The number of aliphatic imine (C=N–C) groups is 1. The van der Waals surface area contributed by atoms with Gasteiger partial charge in [0.15, 0.2) is 0 Å². The van der Waals surface area contributed by atoms with Crippen molar-refractivity contribution in [1.29, 1.82) is 0 Å². The van der Waals surface area contributed by atoms with Crippen LogP contribution in [0.25, 0.3) is 11.8 Å². The molecule has 0 saturated carbocycles. The van der Waals surface area contributed by atoms with Gasteiger partial charge in [0.05, 0.1) is 6.04 Å². The van der Waals surface area contributed by atoms with Crippen LogP contribution in [0.1, 0.15) is 72.2 Å². The van der Waals surface area contributed by atoms with Gasteiger partial charge in [0, 0.05) is 52.8 Å². The van der Waals surface area contributed by atoms with Crippen molar-refractivity contribution in [3.05, 3.63) is 131 Å². The minimum absolute atomic E-state index is 0.0739.